The molecule has 2 nitrogen and oxygen atoms in total. The van der Waals surface area contributed by atoms with Gasteiger partial charge in [-0.2, -0.15) is 13.2 Å². The Balaban J connectivity index is 2.18. The molecule has 1 rings (SSSR count). The molecule has 0 unspecified atom stereocenters. The molecule has 0 aliphatic carbocycles. The van der Waals surface area contributed by atoms with Crippen LogP contribution in [0, 0.1) is 0 Å². The largest absolute Gasteiger partial charge is 0.496 e. The Morgan fingerprint density at radius 2 is 1.89 bits per heavy atom. The van der Waals surface area contributed by atoms with Gasteiger partial charge in [0.05, 0.1) is 7.11 Å². The lowest BCUT2D eigenvalue weighted by atomic mass is 10.1. The highest BCUT2D eigenvalue weighted by Crippen LogP contribution is 2.20. The van der Waals surface area contributed by atoms with Gasteiger partial charge in [-0.3, -0.25) is 0 Å². The fourth-order valence-electron chi connectivity index (χ4n) is 1.67. The second-order valence-electron chi connectivity index (χ2n) is 4.03. The van der Waals surface area contributed by atoms with Crippen LogP contribution < -0.4 is 10.1 Å². The van der Waals surface area contributed by atoms with Crippen molar-refractivity contribution in [3.8, 4) is 5.75 Å². The van der Waals surface area contributed by atoms with E-state index in [1.165, 1.54) is 0 Å². The Kier molecular flexibility index (Phi) is 5.98. The van der Waals surface area contributed by atoms with Crippen molar-refractivity contribution in [1.29, 1.82) is 0 Å². The lowest BCUT2D eigenvalue weighted by Gasteiger charge is -2.09. The zero-order chi connectivity index (χ0) is 13.4. The summed E-state index contributed by atoms with van der Waals surface area (Å²) >= 11 is 0. The number of ether oxygens (including phenoxy) is 1. The number of benzene rings is 1. The number of para-hydroxylation sites is 1. The molecule has 0 saturated heterocycles. The maximum Gasteiger partial charge on any atom is 0.389 e. The fourth-order valence-corrected chi connectivity index (χ4v) is 1.67. The van der Waals surface area contributed by atoms with Gasteiger partial charge >= 0.3 is 6.18 Å². The summed E-state index contributed by atoms with van der Waals surface area (Å²) in [5, 5.41) is 3.00. The van der Waals surface area contributed by atoms with Crippen LogP contribution in [0.2, 0.25) is 0 Å². The van der Waals surface area contributed by atoms with Gasteiger partial charge in [-0.15, -0.1) is 0 Å². The van der Waals surface area contributed by atoms with Gasteiger partial charge in [0.2, 0.25) is 0 Å². The average Bonchev–Trinajstić information content (AvgIpc) is 2.32. The zero-order valence-electron chi connectivity index (χ0n) is 10.4. The first-order valence-corrected chi connectivity index (χ1v) is 5.92. The van der Waals surface area contributed by atoms with Crippen LogP contribution in [-0.2, 0) is 6.42 Å². The van der Waals surface area contributed by atoms with Crippen molar-refractivity contribution in [3.63, 3.8) is 0 Å². The first kappa shape index (κ1) is 14.8. The fraction of sp³-hybridized carbons (Fsp3) is 0.538. The Morgan fingerprint density at radius 3 is 2.56 bits per heavy atom. The van der Waals surface area contributed by atoms with Crippen molar-refractivity contribution >= 4 is 0 Å². The van der Waals surface area contributed by atoms with Crippen molar-refractivity contribution in [2.45, 2.75) is 25.4 Å². The molecule has 0 spiro atoms. The molecule has 1 N–H and O–H groups in total. The van der Waals surface area contributed by atoms with E-state index < -0.39 is 12.6 Å². The van der Waals surface area contributed by atoms with Gasteiger partial charge in [-0.05, 0) is 37.6 Å². The van der Waals surface area contributed by atoms with Crippen LogP contribution in [0.3, 0.4) is 0 Å². The number of halogens is 3. The number of nitrogens with one attached hydrogen (secondary N) is 1. The standard InChI is InChI=1S/C13H18F3NO/c1-18-12-6-3-2-5-11(12)7-10-17-9-4-8-13(14,15)16/h2-3,5-6,17H,4,7-10H2,1H3. The normalized spacial score (nSPS) is 11.6. The van der Waals surface area contributed by atoms with Gasteiger partial charge in [-0.1, -0.05) is 18.2 Å². The predicted octanol–water partition coefficient (Wildman–Crippen LogP) is 3.17. The Labute approximate surface area is 105 Å². The number of hydrogen-bond donors (Lipinski definition) is 1. The summed E-state index contributed by atoms with van der Waals surface area (Å²) in [5.41, 5.74) is 1.06. The van der Waals surface area contributed by atoms with E-state index in [1.54, 1.807) is 7.11 Å². The Hall–Kier alpha value is -1.23. The molecule has 102 valence electrons. The van der Waals surface area contributed by atoms with Crippen LogP contribution in [-0.4, -0.2) is 26.4 Å². The van der Waals surface area contributed by atoms with E-state index in [0.717, 1.165) is 17.7 Å². The molecular weight excluding hydrogens is 243 g/mol. The molecule has 1 aromatic carbocycles. The van der Waals surface area contributed by atoms with Crippen molar-refractivity contribution in [3.05, 3.63) is 29.8 Å². The minimum Gasteiger partial charge on any atom is -0.496 e. The van der Waals surface area contributed by atoms with Crippen LogP contribution >= 0.6 is 0 Å². The zero-order valence-corrected chi connectivity index (χ0v) is 10.4. The quantitative estimate of drug-likeness (QED) is 0.761. The molecule has 0 bridgehead atoms. The maximum absolute atomic E-state index is 11.9. The molecule has 0 amide bonds. The number of alkyl halides is 3. The molecule has 5 heteroatoms. The van der Waals surface area contributed by atoms with Gasteiger partial charge in [0.15, 0.2) is 0 Å². The van der Waals surface area contributed by atoms with Crippen molar-refractivity contribution in [2.24, 2.45) is 0 Å². The van der Waals surface area contributed by atoms with Crippen molar-refractivity contribution < 1.29 is 17.9 Å². The molecule has 0 heterocycles. The lowest BCUT2D eigenvalue weighted by molar-refractivity contribution is -0.135. The molecule has 1 aromatic rings. The van der Waals surface area contributed by atoms with E-state index in [9.17, 15) is 13.2 Å². The maximum atomic E-state index is 11.9. The van der Waals surface area contributed by atoms with E-state index in [2.05, 4.69) is 5.32 Å². The molecule has 0 fully saturated rings. The van der Waals surface area contributed by atoms with Crippen molar-refractivity contribution in [2.75, 3.05) is 20.2 Å². The molecule has 0 aliphatic heterocycles. The van der Waals surface area contributed by atoms with Crippen LogP contribution in [0.1, 0.15) is 18.4 Å². The lowest BCUT2D eigenvalue weighted by Crippen LogP contribution is -2.20. The third-order valence-corrected chi connectivity index (χ3v) is 2.58. The van der Waals surface area contributed by atoms with Crippen LogP contribution in [0.5, 0.6) is 5.75 Å². The summed E-state index contributed by atoms with van der Waals surface area (Å²) in [4.78, 5) is 0. The third-order valence-electron chi connectivity index (χ3n) is 2.58. The molecule has 18 heavy (non-hydrogen) atoms. The first-order valence-electron chi connectivity index (χ1n) is 5.92. The van der Waals surface area contributed by atoms with Crippen LogP contribution in [0.4, 0.5) is 13.2 Å². The highest BCUT2D eigenvalue weighted by molar-refractivity contribution is 5.33. The molecule has 0 aromatic heterocycles. The van der Waals surface area contributed by atoms with Crippen molar-refractivity contribution in [1.82, 2.24) is 5.32 Å². The van der Waals surface area contributed by atoms with E-state index in [1.807, 2.05) is 24.3 Å². The predicted molar refractivity (Wildman–Crippen MR) is 64.9 cm³/mol. The molecule has 0 aliphatic rings. The average molecular weight is 261 g/mol. The minimum absolute atomic E-state index is 0.120. The molecule has 0 saturated carbocycles. The van der Waals surface area contributed by atoms with Gasteiger partial charge in [0.25, 0.3) is 0 Å². The smallest absolute Gasteiger partial charge is 0.389 e. The van der Waals surface area contributed by atoms with Crippen LogP contribution in [0.15, 0.2) is 24.3 Å². The molecular formula is C13H18F3NO. The Bertz CT molecular complexity index is 352. The second-order valence-corrected chi connectivity index (χ2v) is 4.03. The topological polar surface area (TPSA) is 21.3 Å². The minimum atomic E-state index is -4.05. The SMILES string of the molecule is COc1ccccc1CCNCCCC(F)(F)F. The van der Waals surface area contributed by atoms with Gasteiger partial charge in [0, 0.05) is 6.42 Å². The number of methoxy groups -OCH3 is 1. The van der Waals surface area contributed by atoms with Gasteiger partial charge in [-0.25, -0.2) is 0 Å². The third kappa shape index (κ3) is 5.91. The van der Waals surface area contributed by atoms with Crippen LogP contribution in [0.25, 0.3) is 0 Å². The highest BCUT2D eigenvalue weighted by Gasteiger charge is 2.25. The summed E-state index contributed by atoms with van der Waals surface area (Å²) < 4.78 is 40.8. The Morgan fingerprint density at radius 1 is 1.17 bits per heavy atom. The summed E-state index contributed by atoms with van der Waals surface area (Å²) in [6.07, 6.45) is -3.91. The monoisotopic (exact) mass is 261 g/mol. The van der Waals surface area contributed by atoms with E-state index in [0.29, 0.717) is 13.1 Å². The second kappa shape index (κ2) is 7.26. The van der Waals surface area contributed by atoms with E-state index in [4.69, 9.17) is 4.74 Å². The highest BCUT2D eigenvalue weighted by atomic mass is 19.4. The summed E-state index contributed by atoms with van der Waals surface area (Å²) in [5.74, 6) is 0.814. The summed E-state index contributed by atoms with van der Waals surface area (Å²) in [6.45, 7) is 1.03. The van der Waals surface area contributed by atoms with E-state index >= 15 is 0 Å². The molecule has 0 radical (unpaired) electrons. The van der Waals surface area contributed by atoms with Gasteiger partial charge < -0.3 is 10.1 Å². The number of rotatable bonds is 7. The summed E-state index contributed by atoms with van der Waals surface area (Å²) in [6, 6.07) is 7.63. The first-order chi connectivity index (χ1) is 8.53. The van der Waals surface area contributed by atoms with Gasteiger partial charge in [0.1, 0.15) is 5.75 Å². The van der Waals surface area contributed by atoms with E-state index in [-0.39, 0.29) is 6.42 Å². The molecule has 0 atom stereocenters. The summed E-state index contributed by atoms with van der Waals surface area (Å²) in [7, 11) is 1.61. The number of hydrogen-bond acceptors (Lipinski definition) is 2.